The summed E-state index contributed by atoms with van der Waals surface area (Å²) in [5.41, 5.74) is 5.92. The molecule has 0 saturated carbocycles. The highest BCUT2D eigenvalue weighted by molar-refractivity contribution is 7.94. The Labute approximate surface area is 81.7 Å². The molecule has 0 unspecified atom stereocenters. The van der Waals surface area contributed by atoms with Crippen molar-refractivity contribution in [3.05, 3.63) is 5.69 Å². The minimum Gasteiger partial charge on any atom is -0.375 e. The van der Waals surface area contributed by atoms with E-state index >= 15 is 0 Å². The molecule has 0 aliphatic heterocycles. The van der Waals surface area contributed by atoms with Crippen molar-refractivity contribution < 1.29 is 8.42 Å². The van der Waals surface area contributed by atoms with Crippen LogP contribution in [0.3, 0.4) is 0 Å². The average Bonchev–Trinajstić information content (AvgIpc) is 2.30. The molecule has 2 N–H and O–H groups in total. The Morgan fingerprint density at radius 2 is 2.00 bits per heavy atom. The Balaban J connectivity index is 3.31. The minimum atomic E-state index is -3.21. The van der Waals surface area contributed by atoms with Crippen LogP contribution in [0, 0.1) is 6.92 Å². The van der Waals surface area contributed by atoms with Crippen LogP contribution in [0.2, 0.25) is 0 Å². The zero-order valence-corrected chi connectivity index (χ0v) is 9.37. The number of hydrogen-bond acceptors (Lipinski definition) is 5. The van der Waals surface area contributed by atoms with Crippen LogP contribution in [0.5, 0.6) is 0 Å². The SMILES string of the molecule is Cc1nc(N)sc1S(=O)(=O)C(C)C. The van der Waals surface area contributed by atoms with Crippen molar-refractivity contribution in [3.63, 3.8) is 0 Å². The van der Waals surface area contributed by atoms with Gasteiger partial charge < -0.3 is 5.73 Å². The standard InChI is InChI=1S/C7H12N2O2S2/c1-4(2)13(10,11)6-5(3)9-7(8)12-6/h4H,1-3H3,(H2,8,9). The molecule has 6 heteroatoms. The highest BCUT2D eigenvalue weighted by Crippen LogP contribution is 2.27. The number of nitrogens with two attached hydrogens (primary N) is 1. The van der Waals surface area contributed by atoms with E-state index in [-0.39, 0.29) is 0 Å². The van der Waals surface area contributed by atoms with E-state index in [1.54, 1.807) is 20.8 Å². The maximum absolute atomic E-state index is 11.7. The van der Waals surface area contributed by atoms with E-state index in [1.165, 1.54) is 0 Å². The van der Waals surface area contributed by atoms with Gasteiger partial charge in [0.1, 0.15) is 4.21 Å². The molecule has 1 aromatic heterocycles. The third-order valence-corrected chi connectivity index (χ3v) is 5.43. The summed E-state index contributed by atoms with van der Waals surface area (Å²) in [6.45, 7) is 4.94. The number of thiazole rings is 1. The van der Waals surface area contributed by atoms with E-state index in [4.69, 9.17) is 5.73 Å². The van der Waals surface area contributed by atoms with E-state index in [0.717, 1.165) is 11.3 Å². The molecule has 0 saturated heterocycles. The number of aryl methyl sites for hydroxylation is 1. The Hall–Kier alpha value is -0.620. The number of rotatable bonds is 2. The van der Waals surface area contributed by atoms with Crippen LogP contribution in [0.25, 0.3) is 0 Å². The maximum Gasteiger partial charge on any atom is 0.191 e. The number of sulfone groups is 1. The highest BCUT2D eigenvalue weighted by Gasteiger charge is 2.24. The summed E-state index contributed by atoms with van der Waals surface area (Å²) in [6.07, 6.45) is 0. The fraction of sp³-hybridized carbons (Fsp3) is 0.571. The molecule has 0 aliphatic carbocycles. The van der Waals surface area contributed by atoms with Crippen LogP contribution in [-0.2, 0) is 9.84 Å². The topological polar surface area (TPSA) is 73.0 Å². The average molecular weight is 220 g/mol. The van der Waals surface area contributed by atoms with Gasteiger partial charge in [-0.05, 0) is 20.8 Å². The van der Waals surface area contributed by atoms with Gasteiger partial charge in [0.2, 0.25) is 0 Å². The Morgan fingerprint density at radius 1 is 1.46 bits per heavy atom. The van der Waals surface area contributed by atoms with Crippen molar-refractivity contribution in [2.24, 2.45) is 0 Å². The van der Waals surface area contributed by atoms with Gasteiger partial charge in [0, 0.05) is 0 Å². The lowest BCUT2D eigenvalue weighted by Gasteiger charge is -2.04. The summed E-state index contributed by atoms with van der Waals surface area (Å²) in [5, 5.41) is -0.122. The molecule has 74 valence electrons. The van der Waals surface area contributed by atoms with E-state index in [0.29, 0.717) is 15.0 Å². The van der Waals surface area contributed by atoms with Gasteiger partial charge in [0.05, 0.1) is 10.9 Å². The van der Waals surface area contributed by atoms with Gasteiger partial charge in [-0.25, -0.2) is 13.4 Å². The zero-order valence-electron chi connectivity index (χ0n) is 7.73. The first-order chi connectivity index (χ1) is 5.85. The van der Waals surface area contributed by atoms with Crippen LogP contribution in [0.1, 0.15) is 19.5 Å². The minimum absolute atomic E-state index is 0.292. The van der Waals surface area contributed by atoms with E-state index in [2.05, 4.69) is 4.98 Å². The first-order valence-corrected chi connectivity index (χ1v) is 6.18. The van der Waals surface area contributed by atoms with E-state index in [1.807, 2.05) is 0 Å². The molecule has 13 heavy (non-hydrogen) atoms. The van der Waals surface area contributed by atoms with Gasteiger partial charge in [-0.15, -0.1) is 0 Å². The van der Waals surface area contributed by atoms with Gasteiger partial charge in [-0.3, -0.25) is 0 Å². The van der Waals surface area contributed by atoms with Crippen molar-refractivity contribution in [1.29, 1.82) is 0 Å². The Bertz CT molecular complexity index is 406. The van der Waals surface area contributed by atoms with Gasteiger partial charge >= 0.3 is 0 Å². The van der Waals surface area contributed by atoms with Crippen molar-refractivity contribution >= 4 is 26.3 Å². The van der Waals surface area contributed by atoms with Crippen LogP contribution >= 0.6 is 11.3 Å². The van der Waals surface area contributed by atoms with Crippen LogP contribution in [-0.4, -0.2) is 18.7 Å². The molecular formula is C7H12N2O2S2. The lowest BCUT2D eigenvalue weighted by molar-refractivity contribution is 0.588. The quantitative estimate of drug-likeness (QED) is 0.813. The third kappa shape index (κ3) is 1.83. The second-order valence-corrected chi connectivity index (χ2v) is 6.75. The van der Waals surface area contributed by atoms with Gasteiger partial charge in [0.15, 0.2) is 15.0 Å². The summed E-state index contributed by atoms with van der Waals surface area (Å²) < 4.78 is 23.7. The number of aromatic nitrogens is 1. The van der Waals surface area contributed by atoms with Crippen LogP contribution in [0.15, 0.2) is 4.21 Å². The molecule has 1 rings (SSSR count). The first kappa shape index (κ1) is 10.5. The molecule has 0 bridgehead atoms. The molecule has 0 spiro atoms. The molecule has 0 amide bonds. The maximum atomic E-state index is 11.7. The molecule has 1 heterocycles. The summed E-state index contributed by atoms with van der Waals surface area (Å²) >= 11 is 1.03. The summed E-state index contributed by atoms with van der Waals surface area (Å²) in [6, 6.07) is 0. The molecule has 0 atom stereocenters. The summed E-state index contributed by atoms with van der Waals surface area (Å²) in [7, 11) is -3.21. The molecule has 0 aromatic carbocycles. The van der Waals surface area contributed by atoms with Gasteiger partial charge in [0.25, 0.3) is 0 Å². The van der Waals surface area contributed by atoms with E-state index in [9.17, 15) is 8.42 Å². The number of nitrogens with zero attached hydrogens (tertiary/aromatic N) is 1. The molecule has 1 aromatic rings. The van der Waals surface area contributed by atoms with Crippen molar-refractivity contribution in [2.75, 3.05) is 5.73 Å². The van der Waals surface area contributed by atoms with Gasteiger partial charge in [-0.1, -0.05) is 11.3 Å². The monoisotopic (exact) mass is 220 g/mol. The van der Waals surface area contributed by atoms with Crippen molar-refractivity contribution in [3.8, 4) is 0 Å². The molecule has 0 radical (unpaired) electrons. The van der Waals surface area contributed by atoms with Crippen LogP contribution < -0.4 is 5.73 Å². The summed E-state index contributed by atoms with van der Waals surface area (Å²) in [4.78, 5) is 3.88. The van der Waals surface area contributed by atoms with Crippen molar-refractivity contribution in [1.82, 2.24) is 4.98 Å². The molecule has 0 aliphatic rings. The Morgan fingerprint density at radius 3 is 2.31 bits per heavy atom. The van der Waals surface area contributed by atoms with Crippen molar-refractivity contribution in [2.45, 2.75) is 30.2 Å². The second-order valence-electron chi connectivity index (χ2n) is 3.02. The summed E-state index contributed by atoms with van der Waals surface area (Å²) in [5.74, 6) is 0. The zero-order chi connectivity index (χ0) is 10.2. The predicted molar refractivity (Wildman–Crippen MR) is 53.6 cm³/mol. The fourth-order valence-corrected chi connectivity index (χ4v) is 3.63. The highest BCUT2D eigenvalue weighted by atomic mass is 32.2. The second kappa shape index (κ2) is 3.26. The molecule has 0 fully saturated rings. The fourth-order valence-electron chi connectivity index (χ4n) is 0.881. The van der Waals surface area contributed by atoms with E-state index < -0.39 is 15.1 Å². The molecule has 4 nitrogen and oxygen atoms in total. The van der Waals surface area contributed by atoms with Gasteiger partial charge in [-0.2, -0.15) is 0 Å². The third-order valence-electron chi connectivity index (χ3n) is 1.65. The van der Waals surface area contributed by atoms with Crippen LogP contribution in [0.4, 0.5) is 5.13 Å². The lowest BCUT2D eigenvalue weighted by Crippen LogP contribution is -2.13. The largest absolute Gasteiger partial charge is 0.375 e. The Kier molecular flexibility index (Phi) is 2.63. The smallest absolute Gasteiger partial charge is 0.191 e. The normalized spacial score (nSPS) is 12.3. The number of anilines is 1. The lowest BCUT2D eigenvalue weighted by atomic mass is 10.6. The molecular weight excluding hydrogens is 208 g/mol. The first-order valence-electron chi connectivity index (χ1n) is 3.82. The number of hydrogen-bond donors (Lipinski definition) is 1. The predicted octanol–water partition coefficient (Wildman–Crippen LogP) is 1.22. The number of nitrogen functional groups attached to an aromatic ring is 1.